The molecule has 0 aromatic heterocycles. The van der Waals surface area contributed by atoms with Gasteiger partial charge in [-0.05, 0) is 0 Å². The molecule has 0 heterocycles. The average Bonchev–Trinajstić information content (AvgIpc) is 0.722. The molecule has 0 rings (SSSR count). The van der Waals surface area contributed by atoms with Crippen LogP contribution < -0.4 is 0 Å². The second-order valence-electron chi connectivity index (χ2n) is 0.600. The van der Waals surface area contributed by atoms with Gasteiger partial charge in [-0.2, -0.15) is 0 Å². The first kappa shape index (κ1) is 10.5. The van der Waals surface area contributed by atoms with Crippen molar-refractivity contribution in [3.05, 3.63) is 0 Å². The molecule has 0 bridgehead atoms. The van der Waals surface area contributed by atoms with E-state index in [2.05, 4.69) is 0 Å². The molecule has 0 saturated heterocycles. The van der Waals surface area contributed by atoms with Crippen molar-refractivity contribution in [1.29, 1.82) is 0 Å². The molecule has 0 atom stereocenters. The fourth-order valence-corrected chi connectivity index (χ4v) is 0. The van der Waals surface area contributed by atoms with Gasteiger partial charge in [0.25, 0.3) is 0 Å². The predicted octanol–water partition coefficient (Wildman–Crippen LogP) is -2.81. The average molecular weight is 119 g/mol. The Kier molecular flexibility index (Phi) is 6.06. The third-order valence-electron chi connectivity index (χ3n) is 0. The van der Waals surface area contributed by atoms with Crippen molar-refractivity contribution in [3.63, 3.8) is 0 Å². The largest absolute Gasteiger partial charge is 0.402 e. The second kappa shape index (κ2) is 3.47. The summed E-state index contributed by atoms with van der Waals surface area (Å²) in [6.07, 6.45) is -3.50. The molecule has 0 aliphatic carbocycles. The van der Waals surface area contributed by atoms with E-state index >= 15 is 0 Å². The minimum absolute atomic E-state index is 0. The molecule has 0 fully saturated rings. The summed E-state index contributed by atoms with van der Waals surface area (Å²) in [4.78, 5) is 0. The van der Waals surface area contributed by atoms with Crippen molar-refractivity contribution in [2.45, 2.75) is 6.16 Å². The van der Waals surface area contributed by atoms with Crippen LogP contribution >= 0.6 is 0 Å². The first-order chi connectivity index (χ1) is 2.00. The standard InChI is InChI=1S/CH4O4.K/c2-1(3,4)5;/h2-5H;. The molecular weight excluding hydrogens is 115 g/mol. The van der Waals surface area contributed by atoms with E-state index in [9.17, 15) is 0 Å². The zero-order valence-electron chi connectivity index (χ0n) is 3.29. The van der Waals surface area contributed by atoms with Crippen LogP contribution in [0.5, 0.6) is 0 Å². The van der Waals surface area contributed by atoms with E-state index in [1.165, 1.54) is 0 Å². The summed E-state index contributed by atoms with van der Waals surface area (Å²) in [5.41, 5.74) is 0. The summed E-state index contributed by atoms with van der Waals surface area (Å²) >= 11 is 0. The Balaban J connectivity index is 0. The SMILES string of the molecule is OC(O)(O)O.[K]. The molecule has 0 aliphatic heterocycles. The van der Waals surface area contributed by atoms with Crippen LogP contribution in [0.3, 0.4) is 0 Å². The number of aliphatic hydroxyl groups is 4. The zero-order chi connectivity index (χ0) is 4.50. The molecule has 33 valence electrons. The van der Waals surface area contributed by atoms with E-state index in [1.54, 1.807) is 0 Å². The fourth-order valence-electron chi connectivity index (χ4n) is 0. The molecule has 0 aromatic carbocycles. The Hall–Kier alpha value is 1.48. The van der Waals surface area contributed by atoms with E-state index in [1.807, 2.05) is 0 Å². The van der Waals surface area contributed by atoms with Crippen LogP contribution in [-0.4, -0.2) is 78.0 Å². The molecule has 6 heavy (non-hydrogen) atoms. The topological polar surface area (TPSA) is 80.9 Å². The molecule has 5 heteroatoms. The number of hydrogen-bond acceptors (Lipinski definition) is 4. The van der Waals surface area contributed by atoms with Crippen LogP contribution in [0, 0.1) is 0 Å². The van der Waals surface area contributed by atoms with Crippen molar-refractivity contribution in [3.8, 4) is 0 Å². The van der Waals surface area contributed by atoms with Crippen molar-refractivity contribution in [2.75, 3.05) is 0 Å². The van der Waals surface area contributed by atoms with Crippen molar-refractivity contribution >= 4 is 51.4 Å². The Morgan fingerprint density at radius 3 is 0.833 bits per heavy atom. The van der Waals surface area contributed by atoms with E-state index in [0.717, 1.165) is 0 Å². The maximum absolute atomic E-state index is 7.19. The minimum atomic E-state index is -3.50. The van der Waals surface area contributed by atoms with Crippen molar-refractivity contribution in [1.82, 2.24) is 0 Å². The molecule has 4 nitrogen and oxygen atoms in total. The first-order valence-electron chi connectivity index (χ1n) is 0.894. The molecule has 0 aliphatic rings. The van der Waals surface area contributed by atoms with E-state index < -0.39 is 6.16 Å². The van der Waals surface area contributed by atoms with Gasteiger partial charge in [-0.25, -0.2) is 0 Å². The van der Waals surface area contributed by atoms with E-state index in [-0.39, 0.29) is 51.4 Å². The van der Waals surface area contributed by atoms with Gasteiger partial charge in [0.15, 0.2) is 0 Å². The maximum atomic E-state index is 7.19. The van der Waals surface area contributed by atoms with Crippen LogP contribution in [0.1, 0.15) is 0 Å². The van der Waals surface area contributed by atoms with Gasteiger partial charge < -0.3 is 20.4 Å². The second-order valence-corrected chi connectivity index (χ2v) is 0.600. The molecule has 1 radical (unpaired) electrons. The van der Waals surface area contributed by atoms with Gasteiger partial charge >= 0.3 is 6.16 Å². The fraction of sp³-hybridized carbons (Fsp3) is 1.00. The van der Waals surface area contributed by atoms with Gasteiger partial charge in [0.2, 0.25) is 0 Å². The van der Waals surface area contributed by atoms with Crippen LogP contribution in [0.25, 0.3) is 0 Å². The summed E-state index contributed by atoms with van der Waals surface area (Å²) in [6.45, 7) is 0. The molecule has 0 unspecified atom stereocenters. The molecule has 0 saturated carbocycles. The number of hydrogen-bond donors (Lipinski definition) is 4. The maximum Gasteiger partial charge on any atom is 0.402 e. The first-order valence-corrected chi connectivity index (χ1v) is 0.894. The van der Waals surface area contributed by atoms with Crippen LogP contribution in [0.2, 0.25) is 0 Å². The summed E-state index contributed by atoms with van der Waals surface area (Å²) in [5.74, 6) is 0. The Morgan fingerprint density at radius 1 is 0.833 bits per heavy atom. The zero-order valence-corrected chi connectivity index (χ0v) is 6.41. The van der Waals surface area contributed by atoms with Crippen LogP contribution in [0.4, 0.5) is 0 Å². The smallest absolute Gasteiger partial charge is 0.319 e. The third-order valence-corrected chi connectivity index (χ3v) is 0. The van der Waals surface area contributed by atoms with E-state index in [0.29, 0.717) is 0 Å². The third kappa shape index (κ3) is 50.3. The van der Waals surface area contributed by atoms with Crippen molar-refractivity contribution < 1.29 is 20.4 Å². The Morgan fingerprint density at radius 2 is 0.833 bits per heavy atom. The van der Waals surface area contributed by atoms with Gasteiger partial charge in [-0.1, -0.05) is 0 Å². The molecular formula is CH4KO4. The normalized spacial score (nSPS) is 10.0. The van der Waals surface area contributed by atoms with Crippen molar-refractivity contribution in [2.24, 2.45) is 0 Å². The Labute approximate surface area is 76.8 Å². The molecule has 0 aromatic rings. The molecule has 4 N–H and O–H groups in total. The minimum Gasteiger partial charge on any atom is -0.319 e. The molecule has 0 spiro atoms. The summed E-state index contributed by atoms with van der Waals surface area (Å²) in [5, 5.41) is 28.8. The number of rotatable bonds is 0. The van der Waals surface area contributed by atoms with E-state index in [4.69, 9.17) is 20.4 Å². The van der Waals surface area contributed by atoms with Crippen LogP contribution in [-0.2, 0) is 0 Å². The van der Waals surface area contributed by atoms with Gasteiger partial charge in [0.1, 0.15) is 0 Å². The summed E-state index contributed by atoms with van der Waals surface area (Å²) in [7, 11) is 0. The quantitative estimate of drug-likeness (QED) is 0.205. The van der Waals surface area contributed by atoms with Gasteiger partial charge in [0.05, 0.1) is 0 Å². The van der Waals surface area contributed by atoms with Crippen LogP contribution in [0.15, 0.2) is 0 Å². The van der Waals surface area contributed by atoms with Gasteiger partial charge in [-0.3, -0.25) is 0 Å². The van der Waals surface area contributed by atoms with Gasteiger partial charge in [-0.15, -0.1) is 0 Å². The summed E-state index contributed by atoms with van der Waals surface area (Å²) in [6, 6.07) is 0. The van der Waals surface area contributed by atoms with Gasteiger partial charge in [0, 0.05) is 51.4 Å². The molecule has 0 amide bonds. The summed E-state index contributed by atoms with van der Waals surface area (Å²) < 4.78 is 0. The monoisotopic (exact) mass is 119 g/mol. The predicted molar refractivity (Wildman–Crippen MR) is 17.4 cm³/mol. The Bertz CT molecular complexity index is 23.0.